The van der Waals surface area contributed by atoms with Crippen LogP contribution < -0.4 is 16.0 Å². The van der Waals surface area contributed by atoms with Crippen molar-refractivity contribution >= 4 is 5.82 Å². The molecular formula is C5H8N4O. The monoisotopic (exact) mass is 140 g/mol. The van der Waals surface area contributed by atoms with E-state index in [0.29, 0.717) is 11.7 Å². The van der Waals surface area contributed by atoms with Crippen molar-refractivity contribution < 1.29 is 4.74 Å². The number of rotatable bonds is 2. The summed E-state index contributed by atoms with van der Waals surface area (Å²) in [6.45, 7) is 0. The molecule has 0 aliphatic carbocycles. The summed E-state index contributed by atoms with van der Waals surface area (Å²) in [6, 6.07) is 0. The molecule has 1 aromatic rings. The number of hydrogen-bond acceptors (Lipinski definition) is 5. The van der Waals surface area contributed by atoms with E-state index in [9.17, 15) is 0 Å². The highest BCUT2D eigenvalue weighted by atomic mass is 16.5. The molecule has 0 bridgehead atoms. The average molecular weight is 140 g/mol. The van der Waals surface area contributed by atoms with Gasteiger partial charge in [-0.05, 0) is 0 Å². The third kappa shape index (κ3) is 1.14. The average Bonchev–Trinajstić information content (AvgIpc) is 2.04. The van der Waals surface area contributed by atoms with Gasteiger partial charge in [0.15, 0.2) is 0 Å². The van der Waals surface area contributed by atoms with Crippen molar-refractivity contribution in [3.8, 4) is 5.88 Å². The van der Waals surface area contributed by atoms with Crippen molar-refractivity contribution in [2.45, 2.75) is 0 Å². The Hall–Kier alpha value is -1.36. The van der Waals surface area contributed by atoms with Crippen LogP contribution in [-0.2, 0) is 0 Å². The van der Waals surface area contributed by atoms with Crippen molar-refractivity contribution in [3.63, 3.8) is 0 Å². The highest BCUT2D eigenvalue weighted by Gasteiger charge is 1.99. The molecule has 10 heavy (non-hydrogen) atoms. The zero-order valence-electron chi connectivity index (χ0n) is 5.53. The minimum absolute atomic E-state index is 0.394. The Morgan fingerprint density at radius 2 is 2.20 bits per heavy atom. The molecule has 0 saturated carbocycles. The minimum Gasteiger partial charge on any atom is -0.478 e. The van der Waals surface area contributed by atoms with Gasteiger partial charge in [-0.2, -0.15) is 0 Å². The summed E-state index contributed by atoms with van der Waals surface area (Å²) >= 11 is 0. The predicted octanol–water partition coefficient (Wildman–Crippen LogP) is -0.229. The quantitative estimate of drug-likeness (QED) is 0.438. The Balaban J connectivity index is 2.96. The van der Waals surface area contributed by atoms with Gasteiger partial charge in [-0.15, -0.1) is 0 Å². The molecule has 1 rings (SSSR count). The Kier molecular flexibility index (Phi) is 2.01. The highest BCUT2D eigenvalue weighted by Crippen LogP contribution is 2.13. The van der Waals surface area contributed by atoms with Gasteiger partial charge in [-0.1, -0.05) is 0 Å². The van der Waals surface area contributed by atoms with E-state index >= 15 is 0 Å². The first-order valence-electron chi connectivity index (χ1n) is 2.70. The summed E-state index contributed by atoms with van der Waals surface area (Å²) in [7, 11) is 1.50. The van der Waals surface area contributed by atoms with Crippen molar-refractivity contribution in [1.82, 2.24) is 9.97 Å². The second-order valence-corrected chi connectivity index (χ2v) is 1.56. The molecule has 0 aliphatic rings. The van der Waals surface area contributed by atoms with E-state index in [4.69, 9.17) is 10.6 Å². The Morgan fingerprint density at radius 1 is 1.50 bits per heavy atom. The normalized spacial score (nSPS) is 9.00. The van der Waals surface area contributed by atoms with Crippen molar-refractivity contribution in [2.75, 3.05) is 12.5 Å². The van der Waals surface area contributed by atoms with Crippen LogP contribution in [0.1, 0.15) is 0 Å². The molecule has 0 atom stereocenters. The largest absolute Gasteiger partial charge is 0.478 e. The molecule has 0 aliphatic heterocycles. The van der Waals surface area contributed by atoms with Gasteiger partial charge in [0.25, 0.3) is 5.88 Å². The summed E-state index contributed by atoms with van der Waals surface area (Å²) in [6.07, 6.45) is 3.05. The molecule has 5 heteroatoms. The van der Waals surface area contributed by atoms with Crippen LogP contribution in [-0.4, -0.2) is 17.1 Å². The number of ether oxygens (including phenoxy) is 1. The molecule has 5 nitrogen and oxygen atoms in total. The Bertz CT molecular complexity index is 192. The summed E-state index contributed by atoms with van der Waals surface area (Å²) in [5.41, 5.74) is 2.35. The number of anilines is 1. The summed E-state index contributed by atoms with van der Waals surface area (Å²) in [4.78, 5) is 7.69. The molecule has 0 fully saturated rings. The number of hydrogen-bond donors (Lipinski definition) is 2. The summed E-state index contributed by atoms with van der Waals surface area (Å²) in [5.74, 6) is 5.92. The van der Waals surface area contributed by atoms with Gasteiger partial charge in [0.1, 0.15) is 0 Å². The number of nitrogens with two attached hydrogens (primary N) is 1. The zero-order chi connectivity index (χ0) is 7.40. The summed E-state index contributed by atoms with van der Waals surface area (Å²) < 4.78 is 4.82. The molecule has 1 heterocycles. The van der Waals surface area contributed by atoms with Crippen molar-refractivity contribution in [2.24, 2.45) is 5.84 Å². The second kappa shape index (κ2) is 2.98. The van der Waals surface area contributed by atoms with Gasteiger partial charge < -0.3 is 10.2 Å². The van der Waals surface area contributed by atoms with Crippen LogP contribution in [0.2, 0.25) is 0 Å². The maximum Gasteiger partial charge on any atom is 0.258 e. The van der Waals surface area contributed by atoms with E-state index in [-0.39, 0.29) is 0 Å². The molecule has 0 saturated heterocycles. The van der Waals surface area contributed by atoms with Crippen LogP contribution in [0.4, 0.5) is 5.82 Å². The van der Waals surface area contributed by atoms with Crippen LogP contribution in [0.25, 0.3) is 0 Å². The maximum atomic E-state index is 5.09. The third-order valence-corrected chi connectivity index (χ3v) is 0.995. The van der Waals surface area contributed by atoms with Crippen LogP contribution in [0.3, 0.4) is 0 Å². The molecule has 54 valence electrons. The maximum absolute atomic E-state index is 5.09. The number of nitrogens with zero attached hydrogens (tertiary/aromatic N) is 2. The first kappa shape index (κ1) is 6.76. The fourth-order valence-electron chi connectivity index (χ4n) is 0.574. The molecule has 0 unspecified atom stereocenters. The van der Waals surface area contributed by atoms with Crippen molar-refractivity contribution in [1.29, 1.82) is 0 Å². The number of nitrogens with one attached hydrogen (secondary N) is 1. The molecule has 3 N–H and O–H groups in total. The van der Waals surface area contributed by atoms with Crippen LogP contribution in [0.15, 0.2) is 12.4 Å². The fraction of sp³-hybridized carbons (Fsp3) is 0.200. The van der Waals surface area contributed by atoms with Gasteiger partial charge in [0, 0.05) is 12.4 Å². The lowest BCUT2D eigenvalue weighted by molar-refractivity contribution is 0.398. The van der Waals surface area contributed by atoms with Gasteiger partial charge in [-0.25, -0.2) is 15.8 Å². The molecule has 0 radical (unpaired) electrons. The first-order chi connectivity index (χ1) is 4.88. The number of nitrogen functional groups attached to an aromatic ring is 1. The lowest BCUT2D eigenvalue weighted by Gasteiger charge is -2.02. The van der Waals surface area contributed by atoms with Crippen molar-refractivity contribution in [3.05, 3.63) is 12.4 Å². The second-order valence-electron chi connectivity index (χ2n) is 1.56. The SMILES string of the molecule is COc1nccnc1NN. The van der Waals surface area contributed by atoms with Crippen LogP contribution in [0, 0.1) is 0 Å². The molecule has 0 spiro atoms. The molecule has 0 aromatic carbocycles. The van der Waals surface area contributed by atoms with Crippen LogP contribution in [0.5, 0.6) is 5.88 Å². The number of aromatic nitrogens is 2. The number of methoxy groups -OCH3 is 1. The smallest absolute Gasteiger partial charge is 0.258 e. The lowest BCUT2D eigenvalue weighted by atomic mass is 10.6. The topological polar surface area (TPSA) is 73.1 Å². The van der Waals surface area contributed by atoms with E-state index in [0.717, 1.165) is 0 Å². The number of hydrazine groups is 1. The Labute approximate surface area is 58.2 Å². The fourth-order valence-corrected chi connectivity index (χ4v) is 0.574. The highest BCUT2D eigenvalue weighted by molar-refractivity contribution is 5.42. The van der Waals surface area contributed by atoms with E-state index in [1.165, 1.54) is 19.5 Å². The Morgan fingerprint density at radius 3 is 2.70 bits per heavy atom. The molecule has 0 amide bonds. The van der Waals surface area contributed by atoms with Gasteiger partial charge in [0.05, 0.1) is 7.11 Å². The first-order valence-corrected chi connectivity index (χ1v) is 2.70. The summed E-state index contributed by atoms with van der Waals surface area (Å²) in [5, 5.41) is 0. The molecular weight excluding hydrogens is 132 g/mol. The zero-order valence-corrected chi connectivity index (χ0v) is 5.53. The van der Waals surface area contributed by atoms with Gasteiger partial charge in [-0.3, -0.25) is 0 Å². The van der Waals surface area contributed by atoms with E-state index < -0.39 is 0 Å². The van der Waals surface area contributed by atoms with E-state index in [1.54, 1.807) is 0 Å². The van der Waals surface area contributed by atoms with Gasteiger partial charge in [0.2, 0.25) is 5.82 Å². The van der Waals surface area contributed by atoms with Crippen LogP contribution >= 0.6 is 0 Å². The van der Waals surface area contributed by atoms with E-state index in [2.05, 4.69) is 15.4 Å². The third-order valence-electron chi connectivity index (χ3n) is 0.995. The van der Waals surface area contributed by atoms with E-state index in [1.807, 2.05) is 0 Å². The minimum atomic E-state index is 0.394. The van der Waals surface area contributed by atoms with Gasteiger partial charge >= 0.3 is 0 Å². The molecule has 1 aromatic heterocycles. The predicted molar refractivity (Wildman–Crippen MR) is 36.4 cm³/mol. The lowest BCUT2D eigenvalue weighted by Crippen LogP contribution is -2.10. The standard InChI is InChI=1S/C5H8N4O/c1-10-5-4(9-6)7-2-3-8-5/h2-3H,6H2,1H3,(H,7,9).